The van der Waals surface area contributed by atoms with Crippen LogP contribution in [-0.4, -0.2) is 25.2 Å². The molecule has 0 radical (unpaired) electrons. The van der Waals surface area contributed by atoms with Crippen molar-refractivity contribution in [2.75, 3.05) is 20.3 Å². The van der Waals surface area contributed by atoms with Crippen LogP contribution in [0.5, 0.6) is 0 Å². The Bertz CT molecular complexity index is 364. The summed E-state index contributed by atoms with van der Waals surface area (Å²) in [5, 5.41) is 10.6. The SMILES string of the molecule is CO/C=C/COC(C[N+](=O)[O-])c1ccccc1. The summed E-state index contributed by atoms with van der Waals surface area (Å²) in [7, 11) is 1.53. The standard InChI is InChI=1S/C12H15NO4/c1-16-8-5-9-17-12(10-13(14)15)11-6-3-2-4-7-11/h2-8,12H,9-10H2,1H3/b8-5+. The zero-order valence-electron chi connectivity index (χ0n) is 9.61. The van der Waals surface area contributed by atoms with Gasteiger partial charge in [-0.1, -0.05) is 30.3 Å². The second-order valence-corrected chi connectivity index (χ2v) is 3.36. The van der Waals surface area contributed by atoms with Crippen molar-refractivity contribution in [3.05, 3.63) is 58.3 Å². The first-order valence-corrected chi connectivity index (χ1v) is 5.20. The molecular formula is C12H15NO4. The molecule has 0 heterocycles. The van der Waals surface area contributed by atoms with E-state index < -0.39 is 6.10 Å². The van der Waals surface area contributed by atoms with E-state index in [2.05, 4.69) is 0 Å². The van der Waals surface area contributed by atoms with Gasteiger partial charge in [-0.25, -0.2) is 0 Å². The van der Waals surface area contributed by atoms with Gasteiger partial charge in [-0.2, -0.15) is 0 Å². The van der Waals surface area contributed by atoms with Crippen molar-refractivity contribution in [1.82, 2.24) is 0 Å². The van der Waals surface area contributed by atoms with Gasteiger partial charge in [0.15, 0.2) is 0 Å². The average molecular weight is 237 g/mol. The van der Waals surface area contributed by atoms with Crippen LogP contribution in [0.2, 0.25) is 0 Å². The summed E-state index contributed by atoms with van der Waals surface area (Å²) in [4.78, 5) is 10.2. The summed E-state index contributed by atoms with van der Waals surface area (Å²) in [5.74, 6) is 0. The fraction of sp³-hybridized carbons (Fsp3) is 0.333. The van der Waals surface area contributed by atoms with Gasteiger partial charge in [0, 0.05) is 4.92 Å². The quantitative estimate of drug-likeness (QED) is 0.414. The Morgan fingerprint density at radius 2 is 2.12 bits per heavy atom. The average Bonchev–Trinajstić information content (AvgIpc) is 2.34. The maximum absolute atomic E-state index is 10.6. The van der Waals surface area contributed by atoms with Gasteiger partial charge >= 0.3 is 0 Å². The molecule has 0 fully saturated rings. The van der Waals surface area contributed by atoms with Gasteiger partial charge in [0.2, 0.25) is 6.54 Å². The minimum absolute atomic E-state index is 0.245. The molecule has 0 aliphatic rings. The summed E-state index contributed by atoms with van der Waals surface area (Å²) < 4.78 is 10.1. The van der Waals surface area contributed by atoms with Gasteiger partial charge in [0.1, 0.15) is 6.10 Å². The highest BCUT2D eigenvalue weighted by atomic mass is 16.6. The van der Waals surface area contributed by atoms with E-state index in [0.717, 1.165) is 5.56 Å². The van der Waals surface area contributed by atoms with E-state index in [-0.39, 0.29) is 18.1 Å². The van der Waals surface area contributed by atoms with Crippen LogP contribution in [0.4, 0.5) is 0 Å². The predicted molar refractivity (Wildman–Crippen MR) is 63.1 cm³/mol. The molecule has 0 saturated heterocycles. The molecule has 0 aromatic heterocycles. The van der Waals surface area contributed by atoms with E-state index in [1.807, 2.05) is 30.3 Å². The summed E-state index contributed by atoms with van der Waals surface area (Å²) >= 11 is 0. The summed E-state index contributed by atoms with van der Waals surface area (Å²) in [5.41, 5.74) is 0.801. The van der Waals surface area contributed by atoms with Crippen molar-refractivity contribution < 1.29 is 14.4 Å². The Balaban J connectivity index is 2.61. The molecule has 0 spiro atoms. The van der Waals surface area contributed by atoms with Crippen molar-refractivity contribution in [2.24, 2.45) is 0 Å². The van der Waals surface area contributed by atoms with E-state index in [1.165, 1.54) is 13.4 Å². The van der Waals surface area contributed by atoms with E-state index in [0.29, 0.717) is 0 Å². The summed E-state index contributed by atoms with van der Waals surface area (Å²) in [6.45, 7) is 0.0338. The number of nitro groups is 1. The maximum atomic E-state index is 10.6. The van der Waals surface area contributed by atoms with Crippen molar-refractivity contribution in [3.8, 4) is 0 Å². The topological polar surface area (TPSA) is 61.6 Å². The molecule has 1 aromatic carbocycles. The minimum Gasteiger partial charge on any atom is -0.505 e. The van der Waals surface area contributed by atoms with Gasteiger partial charge in [0.25, 0.3) is 0 Å². The van der Waals surface area contributed by atoms with E-state index in [1.54, 1.807) is 6.08 Å². The fourth-order valence-corrected chi connectivity index (χ4v) is 1.36. The van der Waals surface area contributed by atoms with Crippen molar-refractivity contribution in [3.63, 3.8) is 0 Å². The smallest absolute Gasteiger partial charge is 0.233 e. The lowest BCUT2D eigenvalue weighted by atomic mass is 10.1. The Morgan fingerprint density at radius 3 is 2.71 bits per heavy atom. The van der Waals surface area contributed by atoms with Gasteiger partial charge in [0.05, 0.1) is 20.0 Å². The Kier molecular flexibility index (Phi) is 5.74. The molecule has 0 aliphatic heterocycles. The molecule has 0 aliphatic carbocycles. The molecule has 0 bridgehead atoms. The van der Waals surface area contributed by atoms with Crippen molar-refractivity contribution in [1.29, 1.82) is 0 Å². The lowest BCUT2D eigenvalue weighted by molar-refractivity contribution is -0.492. The minimum atomic E-state index is -0.535. The first-order chi connectivity index (χ1) is 8.24. The molecule has 0 saturated carbocycles. The largest absolute Gasteiger partial charge is 0.505 e. The number of hydrogen-bond donors (Lipinski definition) is 0. The predicted octanol–water partition coefficient (Wildman–Crippen LogP) is 2.18. The molecule has 1 atom stereocenters. The van der Waals surface area contributed by atoms with Crippen LogP contribution >= 0.6 is 0 Å². The third-order valence-electron chi connectivity index (χ3n) is 2.11. The molecule has 0 amide bonds. The lowest BCUT2D eigenvalue weighted by Gasteiger charge is -2.12. The zero-order valence-corrected chi connectivity index (χ0v) is 9.61. The van der Waals surface area contributed by atoms with Crippen LogP contribution < -0.4 is 0 Å². The highest BCUT2D eigenvalue weighted by Gasteiger charge is 2.17. The van der Waals surface area contributed by atoms with Crippen LogP contribution in [-0.2, 0) is 9.47 Å². The molecule has 92 valence electrons. The van der Waals surface area contributed by atoms with Crippen LogP contribution in [0.25, 0.3) is 0 Å². The fourth-order valence-electron chi connectivity index (χ4n) is 1.36. The van der Waals surface area contributed by atoms with Crippen LogP contribution in [0.1, 0.15) is 11.7 Å². The second-order valence-electron chi connectivity index (χ2n) is 3.36. The lowest BCUT2D eigenvalue weighted by Crippen LogP contribution is -2.15. The van der Waals surface area contributed by atoms with Crippen molar-refractivity contribution in [2.45, 2.75) is 6.10 Å². The molecule has 0 N–H and O–H groups in total. The Labute approximate surface area is 99.8 Å². The van der Waals surface area contributed by atoms with Crippen LogP contribution in [0, 0.1) is 10.1 Å². The normalized spacial score (nSPS) is 12.5. The van der Waals surface area contributed by atoms with E-state index >= 15 is 0 Å². The van der Waals surface area contributed by atoms with Crippen molar-refractivity contribution >= 4 is 0 Å². The first-order valence-electron chi connectivity index (χ1n) is 5.20. The number of ether oxygens (including phenoxy) is 2. The molecular weight excluding hydrogens is 222 g/mol. The monoisotopic (exact) mass is 237 g/mol. The third kappa shape index (κ3) is 5.12. The highest BCUT2D eigenvalue weighted by molar-refractivity contribution is 5.17. The number of methoxy groups -OCH3 is 1. The molecule has 5 nitrogen and oxygen atoms in total. The Hall–Kier alpha value is -1.88. The molecule has 17 heavy (non-hydrogen) atoms. The van der Waals surface area contributed by atoms with Gasteiger partial charge in [-0.3, -0.25) is 10.1 Å². The Morgan fingerprint density at radius 1 is 1.41 bits per heavy atom. The second kappa shape index (κ2) is 7.40. The third-order valence-corrected chi connectivity index (χ3v) is 2.11. The van der Waals surface area contributed by atoms with Gasteiger partial charge in [-0.15, -0.1) is 0 Å². The summed E-state index contributed by atoms with van der Waals surface area (Å²) in [6, 6.07) is 9.15. The molecule has 1 rings (SSSR count). The first kappa shape index (κ1) is 13.2. The maximum Gasteiger partial charge on any atom is 0.233 e. The van der Waals surface area contributed by atoms with Crippen LogP contribution in [0.3, 0.4) is 0 Å². The highest BCUT2D eigenvalue weighted by Crippen LogP contribution is 2.17. The molecule has 1 aromatic rings. The number of rotatable bonds is 7. The zero-order chi connectivity index (χ0) is 12.5. The number of hydrogen-bond acceptors (Lipinski definition) is 4. The van der Waals surface area contributed by atoms with E-state index in [4.69, 9.17) is 9.47 Å². The number of benzene rings is 1. The molecule has 5 heteroatoms. The summed E-state index contributed by atoms with van der Waals surface area (Å²) in [6.07, 6.45) is 2.61. The number of nitrogens with zero attached hydrogens (tertiary/aromatic N) is 1. The van der Waals surface area contributed by atoms with Gasteiger partial charge < -0.3 is 9.47 Å². The van der Waals surface area contributed by atoms with Gasteiger partial charge in [-0.05, 0) is 11.6 Å². The van der Waals surface area contributed by atoms with Crippen LogP contribution in [0.15, 0.2) is 42.7 Å². The molecule has 1 unspecified atom stereocenters. The van der Waals surface area contributed by atoms with E-state index in [9.17, 15) is 10.1 Å².